The summed E-state index contributed by atoms with van der Waals surface area (Å²) in [5.41, 5.74) is 40.1. The van der Waals surface area contributed by atoms with Gasteiger partial charge in [-0.05, 0) is 231 Å². The van der Waals surface area contributed by atoms with E-state index in [0.29, 0.717) is 0 Å². The van der Waals surface area contributed by atoms with Gasteiger partial charge in [-0.1, -0.05) is 365 Å². The maximum Gasteiger partial charge on any atom is 0.144 e. The molecule has 584 valence electrons. The minimum Gasteiger partial charge on any atom is -0.456 e. The Bertz CT molecular complexity index is 6300. The molecule has 21 rings (SSSR count). The number of benzene rings is 13. The summed E-state index contributed by atoms with van der Waals surface area (Å²) >= 11 is 0. The van der Waals surface area contributed by atoms with Crippen molar-refractivity contribution in [3.05, 3.63) is 327 Å². The number of fused-ring (bicyclic) bond motifs is 36. The maximum atomic E-state index is 7.68. The van der Waals surface area contributed by atoms with Crippen molar-refractivity contribution in [1.29, 1.82) is 0 Å². The molecule has 0 saturated carbocycles. The third kappa shape index (κ3) is 10.9. The van der Waals surface area contributed by atoms with Crippen LogP contribution in [0.15, 0.2) is 264 Å². The first kappa shape index (κ1) is 73.9. The van der Waals surface area contributed by atoms with Crippen molar-refractivity contribution in [3.8, 4) is 66.8 Å². The number of unbranched alkanes of at least 4 members (excludes halogenated alkanes) is 16. The zero-order chi connectivity index (χ0) is 78.9. The van der Waals surface area contributed by atoms with Crippen molar-refractivity contribution in [2.24, 2.45) is 0 Å². The van der Waals surface area contributed by atoms with E-state index >= 15 is 0 Å². The lowest BCUT2D eigenvalue weighted by molar-refractivity contribution is 0.369. The number of furan rings is 2. The van der Waals surface area contributed by atoms with Gasteiger partial charge in [-0.15, -0.1) is 0 Å². The third-order valence-electron chi connectivity index (χ3n) is 29.4. The van der Waals surface area contributed by atoms with Crippen molar-refractivity contribution < 1.29 is 8.83 Å². The van der Waals surface area contributed by atoms with Crippen LogP contribution in [-0.4, -0.2) is 0 Å². The summed E-state index contributed by atoms with van der Waals surface area (Å²) in [7, 11) is 0. The molecule has 0 saturated heterocycles. The van der Waals surface area contributed by atoms with E-state index in [1.54, 1.807) is 16.7 Å². The molecule has 3 nitrogen and oxygen atoms in total. The lowest BCUT2D eigenvalue weighted by atomic mass is 9.62. The summed E-state index contributed by atoms with van der Waals surface area (Å²) in [6, 6.07) is 101. The summed E-state index contributed by atoms with van der Waals surface area (Å²) in [5, 5.41) is 4.91. The molecule has 0 atom stereocenters. The lowest BCUT2D eigenvalue weighted by Crippen LogP contribution is -2.33. The molecule has 0 radical (unpaired) electrons. The van der Waals surface area contributed by atoms with Crippen LogP contribution in [0.3, 0.4) is 0 Å². The molecule has 3 heteroatoms. The maximum absolute atomic E-state index is 7.68. The van der Waals surface area contributed by atoms with E-state index in [1.165, 1.54) is 273 Å². The van der Waals surface area contributed by atoms with Crippen LogP contribution in [0.2, 0.25) is 0 Å². The highest BCUT2D eigenvalue weighted by Gasteiger charge is 2.59. The first-order chi connectivity index (χ1) is 57.5. The highest BCUT2D eigenvalue weighted by Crippen LogP contribution is 2.72. The minimum absolute atomic E-state index is 0.0488. The SMILES string of the molecule is CCCCCCCC1(CCCCCCC)c2ccccc2-c2c1c1c(c3c2oc2ccccc23)-c2ccc(N(c3ccc(C(C)(C)C)cc3)c3ccc4c(c3)C3(c5ccccc5-c5ccccc53)c3cc5c(cc3-4)C3(c4ccccc4-c4ccccc43)c3ccc4oc6ccccc6c4c3-5)cc2C1(CCCCCCC)CCCCCCC. The largest absolute Gasteiger partial charge is 0.456 e. The van der Waals surface area contributed by atoms with Crippen LogP contribution in [0.25, 0.3) is 111 Å². The van der Waals surface area contributed by atoms with Gasteiger partial charge in [-0.2, -0.15) is 0 Å². The molecule has 0 unspecified atom stereocenters. The molecule has 13 aromatic carbocycles. The second-order valence-electron chi connectivity index (χ2n) is 36.8. The zero-order valence-corrected chi connectivity index (χ0v) is 70.0. The molecular formula is C114H111NO2. The van der Waals surface area contributed by atoms with E-state index in [-0.39, 0.29) is 16.2 Å². The molecule has 0 fully saturated rings. The molecule has 0 aliphatic heterocycles. The molecule has 0 N–H and O–H groups in total. The number of rotatable bonds is 27. The average Bonchev–Trinajstić information content (AvgIpc) is 1.49. The van der Waals surface area contributed by atoms with E-state index in [4.69, 9.17) is 8.83 Å². The summed E-state index contributed by atoms with van der Waals surface area (Å²) in [6.07, 6.45) is 29.5. The molecule has 15 aromatic rings. The van der Waals surface area contributed by atoms with Gasteiger partial charge >= 0.3 is 0 Å². The Labute approximate surface area is 693 Å². The second-order valence-corrected chi connectivity index (χ2v) is 36.8. The summed E-state index contributed by atoms with van der Waals surface area (Å²) in [4.78, 5) is 2.70. The number of para-hydroxylation sites is 2. The highest BCUT2D eigenvalue weighted by atomic mass is 16.3. The topological polar surface area (TPSA) is 29.5 Å². The summed E-state index contributed by atoms with van der Waals surface area (Å²) in [6.45, 7) is 16.6. The first-order valence-corrected chi connectivity index (χ1v) is 45.4. The quantitative estimate of drug-likeness (QED) is 0.0481. The molecule has 2 aromatic heterocycles. The Morgan fingerprint density at radius 3 is 1.18 bits per heavy atom. The van der Waals surface area contributed by atoms with Crippen LogP contribution in [0.4, 0.5) is 17.1 Å². The fraction of sp³-hybridized carbons (Fsp3) is 0.316. The monoisotopic (exact) mass is 1530 g/mol. The predicted octanol–water partition coefficient (Wildman–Crippen LogP) is 32.9. The van der Waals surface area contributed by atoms with Gasteiger partial charge in [0.1, 0.15) is 22.3 Å². The number of nitrogens with zero attached hydrogens (tertiary/aromatic N) is 1. The molecule has 0 bridgehead atoms. The van der Waals surface area contributed by atoms with Gasteiger partial charge in [-0.25, -0.2) is 0 Å². The van der Waals surface area contributed by atoms with Gasteiger partial charge in [0.05, 0.1) is 10.8 Å². The van der Waals surface area contributed by atoms with Crippen LogP contribution in [0.1, 0.15) is 275 Å². The first-order valence-electron chi connectivity index (χ1n) is 45.4. The minimum atomic E-state index is -0.697. The lowest BCUT2D eigenvalue weighted by Gasteiger charge is -2.40. The number of anilines is 3. The van der Waals surface area contributed by atoms with Gasteiger partial charge in [-0.3, -0.25) is 0 Å². The molecule has 6 aliphatic rings. The van der Waals surface area contributed by atoms with Gasteiger partial charge in [0.15, 0.2) is 0 Å². The molecule has 0 amide bonds. The average molecular weight is 1530 g/mol. The smallest absolute Gasteiger partial charge is 0.144 e. The van der Waals surface area contributed by atoms with Crippen molar-refractivity contribution in [1.82, 2.24) is 0 Å². The van der Waals surface area contributed by atoms with E-state index in [0.717, 1.165) is 64.8 Å². The zero-order valence-electron chi connectivity index (χ0n) is 70.0. The molecule has 2 spiro atoms. The van der Waals surface area contributed by atoms with Crippen LogP contribution in [0, 0.1) is 0 Å². The number of hydrogen-bond acceptors (Lipinski definition) is 3. The number of hydrogen-bond donors (Lipinski definition) is 0. The molecule has 6 aliphatic carbocycles. The van der Waals surface area contributed by atoms with Crippen LogP contribution in [0.5, 0.6) is 0 Å². The van der Waals surface area contributed by atoms with Crippen LogP contribution >= 0.6 is 0 Å². The van der Waals surface area contributed by atoms with Crippen molar-refractivity contribution >= 4 is 60.9 Å². The van der Waals surface area contributed by atoms with Crippen LogP contribution in [-0.2, 0) is 27.1 Å². The second kappa shape index (κ2) is 29.1. The van der Waals surface area contributed by atoms with E-state index in [9.17, 15) is 0 Å². The van der Waals surface area contributed by atoms with Gasteiger partial charge in [0, 0.05) is 55.0 Å². The van der Waals surface area contributed by atoms with Crippen molar-refractivity contribution in [3.63, 3.8) is 0 Å². The predicted molar refractivity (Wildman–Crippen MR) is 493 cm³/mol. The highest BCUT2D eigenvalue weighted by molar-refractivity contribution is 6.22. The Kier molecular flexibility index (Phi) is 18.4. The fourth-order valence-corrected chi connectivity index (χ4v) is 24.3. The van der Waals surface area contributed by atoms with E-state index in [1.807, 2.05) is 0 Å². The van der Waals surface area contributed by atoms with Crippen molar-refractivity contribution in [2.45, 2.75) is 230 Å². The molecule has 2 heterocycles. The van der Waals surface area contributed by atoms with E-state index in [2.05, 4.69) is 308 Å². The summed E-state index contributed by atoms with van der Waals surface area (Å²) in [5.74, 6) is 0. The van der Waals surface area contributed by atoms with Crippen molar-refractivity contribution in [2.75, 3.05) is 4.90 Å². The van der Waals surface area contributed by atoms with Gasteiger partial charge < -0.3 is 13.7 Å². The third-order valence-corrected chi connectivity index (χ3v) is 29.4. The Morgan fingerprint density at radius 2 is 0.650 bits per heavy atom. The normalized spacial score (nSPS) is 15.0. The van der Waals surface area contributed by atoms with Gasteiger partial charge in [0.2, 0.25) is 0 Å². The standard InChI is InChI=1S/C114H111NO2/c1-8-12-16-20-38-66-111(67-39-21-17-13-9-2)89-49-31-28-46-83(89)106-108(111)107-104(105-86-48-30-37-55-100(86)117-109(105)106)84-63-61-76(70-95(84)112(107,68-40-22-18-14-10-3)69-41-23-19-15-11-4)115(75-58-56-74(57-59-75)110(5,6)7)77-60-62-82-87-72-98-88(73-97(87)114(96(82)71-77)92-52-34-26-44-80(92)81-45-27-35-53-93(81)114)102-94(64-65-101-103(102)85-47-29-36-54-99(85)116-101)113(98)90-50-32-24-42-78(90)79-43-25-33-51-91(79)113/h24-37,42-65,70-73H,8-23,38-41,66-69H2,1-7H3. The van der Waals surface area contributed by atoms with E-state index < -0.39 is 10.8 Å². The van der Waals surface area contributed by atoms with Gasteiger partial charge in [0.25, 0.3) is 0 Å². The summed E-state index contributed by atoms with van der Waals surface area (Å²) < 4.78 is 14.6. The Morgan fingerprint density at radius 1 is 0.265 bits per heavy atom. The fourth-order valence-electron chi connectivity index (χ4n) is 24.3. The van der Waals surface area contributed by atoms with Crippen LogP contribution < -0.4 is 4.90 Å². The Balaban J connectivity index is 0.834. The molecule has 117 heavy (non-hydrogen) atoms. The molecular weight excluding hydrogens is 1420 g/mol. The Hall–Kier alpha value is -10.7.